The number of halogens is 4. The van der Waals surface area contributed by atoms with Crippen molar-refractivity contribution >= 4 is 28.9 Å². The maximum atomic E-state index is 13.1. The molecule has 1 aliphatic heterocycles. The molecule has 0 atom stereocenters. The number of carboxylic acids is 1. The largest absolute Gasteiger partial charge is 0.490 e. The molecule has 1 aromatic heterocycles. The van der Waals surface area contributed by atoms with Crippen molar-refractivity contribution in [2.24, 2.45) is 0 Å². The van der Waals surface area contributed by atoms with Gasteiger partial charge in [0.2, 0.25) is 0 Å². The number of hydrogen-bond acceptors (Lipinski definition) is 5. The fourth-order valence-electron chi connectivity index (χ4n) is 3.88. The minimum atomic E-state index is -5.08. The molecule has 1 saturated heterocycles. The summed E-state index contributed by atoms with van der Waals surface area (Å²) in [5.74, 6) is -2.95. The van der Waals surface area contributed by atoms with Crippen molar-refractivity contribution in [2.75, 3.05) is 32.1 Å². The fraction of sp³-hybridized carbons (Fsp3) is 0.333. The molecule has 1 amide bonds. The second-order valence-electron chi connectivity index (χ2n) is 9.06. The second kappa shape index (κ2) is 12.9. The Balaban J connectivity index is 0.000000505. The first-order valence-corrected chi connectivity index (χ1v) is 12.7. The third-order valence-electron chi connectivity index (χ3n) is 5.98. The Morgan fingerprint density at radius 1 is 1.00 bits per heavy atom. The lowest BCUT2D eigenvalue weighted by Crippen LogP contribution is -2.44. The van der Waals surface area contributed by atoms with Crippen molar-refractivity contribution in [3.8, 4) is 10.4 Å². The molecule has 0 spiro atoms. The van der Waals surface area contributed by atoms with E-state index in [9.17, 15) is 22.4 Å². The summed E-state index contributed by atoms with van der Waals surface area (Å²) in [4.78, 5) is 27.9. The van der Waals surface area contributed by atoms with Crippen LogP contribution in [0, 0.1) is 5.82 Å². The summed E-state index contributed by atoms with van der Waals surface area (Å²) in [6.07, 6.45) is -3.23. The number of piperidine rings is 1. The minimum absolute atomic E-state index is 0.0122. The van der Waals surface area contributed by atoms with Gasteiger partial charge in [-0.05, 0) is 60.4 Å². The normalized spacial score (nSPS) is 14.4. The average molecular weight is 552 g/mol. The number of carbonyl (C=O) groups excluding carboxylic acids is 1. The number of aliphatic carboxylic acids is 1. The fourth-order valence-corrected chi connectivity index (χ4v) is 4.79. The van der Waals surface area contributed by atoms with Gasteiger partial charge >= 0.3 is 12.1 Å². The van der Waals surface area contributed by atoms with Gasteiger partial charge < -0.3 is 15.3 Å². The summed E-state index contributed by atoms with van der Waals surface area (Å²) in [5, 5.41) is 10.3. The zero-order chi connectivity index (χ0) is 27.9. The maximum absolute atomic E-state index is 13.1. The summed E-state index contributed by atoms with van der Waals surface area (Å²) in [5.41, 5.74) is 3.40. The van der Waals surface area contributed by atoms with Gasteiger partial charge in [-0.2, -0.15) is 13.2 Å². The van der Waals surface area contributed by atoms with Gasteiger partial charge in [0.15, 0.2) is 0 Å². The van der Waals surface area contributed by atoms with Gasteiger partial charge in [0, 0.05) is 50.3 Å². The monoisotopic (exact) mass is 551 g/mol. The molecule has 0 bridgehead atoms. The van der Waals surface area contributed by atoms with E-state index >= 15 is 0 Å². The summed E-state index contributed by atoms with van der Waals surface area (Å²) in [6.45, 7) is 2.67. The van der Waals surface area contributed by atoms with Crippen molar-refractivity contribution in [2.45, 2.75) is 31.6 Å². The van der Waals surface area contributed by atoms with Crippen LogP contribution in [0.5, 0.6) is 0 Å². The van der Waals surface area contributed by atoms with E-state index in [1.165, 1.54) is 23.5 Å². The SMILES string of the molecule is CN(C)c1ccc(-c2ccc(C(=O)NC3CCN(Cc4ccc(F)cc4)CC3)s2)cc1.O=C(O)C(F)(F)F. The molecular formula is C27H29F4N3O3S. The van der Waals surface area contributed by atoms with E-state index in [4.69, 9.17) is 9.90 Å². The molecule has 4 rings (SSSR count). The van der Waals surface area contributed by atoms with E-state index in [1.54, 1.807) is 0 Å². The first-order valence-electron chi connectivity index (χ1n) is 11.9. The van der Waals surface area contributed by atoms with Crippen LogP contribution in [0.25, 0.3) is 10.4 Å². The molecule has 0 radical (unpaired) electrons. The number of nitrogens with one attached hydrogen (secondary N) is 1. The van der Waals surface area contributed by atoms with E-state index in [-0.39, 0.29) is 17.8 Å². The lowest BCUT2D eigenvalue weighted by Gasteiger charge is -2.32. The number of benzene rings is 2. The molecule has 2 N–H and O–H groups in total. The molecule has 6 nitrogen and oxygen atoms in total. The predicted molar refractivity (Wildman–Crippen MR) is 140 cm³/mol. The first-order chi connectivity index (χ1) is 17.9. The smallest absolute Gasteiger partial charge is 0.475 e. The molecule has 2 aromatic carbocycles. The Morgan fingerprint density at radius 2 is 1.58 bits per heavy atom. The number of carbonyl (C=O) groups is 2. The van der Waals surface area contributed by atoms with Crippen LogP contribution in [0.3, 0.4) is 0 Å². The van der Waals surface area contributed by atoms with Crippen LogP contribution in [0.2, 0.25) is 0 Å². The van der Waals surface area contributed by atoms with Crippen molar-refractivity contribution in [3.63, 3.8) is 0 Å². The number of amides is 1. The van der Waals surface area contributed by atoms with Gasteiger partial charge in [-0.1, -0.05) is 24.3 Å². The van der Waals surface area contributed by atoms with Crippen molar-refractivity contribution in [1.29, 1.82) is 0 Å². The van der Waals surface area contributed by atoms with Gasteiger partial charge in [-0.3, -0.25) is 9.69 Å². The molecule has 0 unspecified atom stereocenters. The molecule has 1 aliphatic rings. The van der Waals surface area contributed by atoms with E-state index in [0.717, 1.165) is 59.0 Å². The Morgan fingerprint density at radius 3 is 2.11 bits per heavy atom. The number of alkyl halides is 3. The third-order valence-corrected chi connectivity index (χ3v) is 7.12. The van der Waals surface area contributed by atoms with Crippen LogP contribution < -0.4 is 10.2 Å². The lowest BCUT2D eigenvalue weighted by molar-refractivity contribution is -0.192. The van der Waals surface area contributed by atoms with Crippen molar-refractivity contribution < 1.29 is 32.3 Å². The van der Waals surface area contributed by atoms with Crippen LogP contribution in [0.4, 0.5) is 23.2 Å². The molecule has 38 heavy (non-hydrogen) atoms. The standard InChI is InChI=1S/C25H28FN3OS.C2HF3O2/c1-28(2)22-9-5-19(6-10-22)23-11-12-24(31-23)25(30)27-21-13-15-29(16-14-21)17-18-3-7-20(26)8-4-18;3-2(4,5)1(6)7/h3-12,21H,13-17H2,1-2H3,(H,27,30);(H,6,7). The minimum Gasteiger partial charge on any atom is -0.475 e. The van der Waals surface area contributed by atoms with Gasteiger partial charge in [-0.15, -0.1) is 11.3 Å². The van der Waals surface area contributed by atoms with Crippen molar-refractivity contribution in [1.82, 2.24) is 10.2 Å². The summed E-state index contributed by atoms with van der Waals surface area (Å²) in [6, 6.07) is 19.2. The Kier molecular flexibility index (Phi) is 9.87. The third kappa shape index (κ3) is 8.56. The highest BCUT2D eigenvalue weighted by atomic mass is 32.1. The summed E-state index contributed by atoms with van der Waals surface area (Å²) >= 11 is 1.53. The molecule has 3 aromatic rings. The highest BCUT2D eigenvalue weighted by molar-refractivity contribution is 7.17. The Labute approximate surface area is 222 Å². The zero-order valence-corrected chi connectivity index (χ0v) is 21.8. The van der Waals surface area contributed by atoms with E-state index < -0.39 is 12.1 Å². The highest BCUT2D eigenvalue weighted by Gasteiger charge is 2.38. The number of likely N-dealkylation sites (tertiary alicyclic amines) is 1. The van der Waals surface area contributed by atoms with E-state index in [2.05, 4.69) is 39.4 Å². The summed E-state index contributed by atoms with van der Waals surface area (Å²) < 4.78 is 44.8. The molecular weight excluding hydrogens is 522 g/mol. The number of anilines is 1. The topological polar surface area (TPSA) is 72.9 Å². The van der Waals surface area contributed by atoms with E-state index in [1.807, 2.05) is 38.4 Å². The van der Waals surface area contributed by atoms with Crippen LogP contribution >= 0.6 is 11.3 Å². The first kappa shape index (κ1) is 29.1. The van der Waals surface area contributed by atoms with Gasteiger partial charge in [0.05, 0.1) is 4.88 Å². The quantitative estimate of drug-likeness (QED) is 0.388. The lowest BCUT2D eigenvalue weighted by atomic mass is 10.0. The molecule has 0 saturated carbocycles. The Hall–Kier alpha value is -3.44. The molecule has 0 aliphatic carbocycles. The van der Waals surface area contributed by atoms with Gasteiger partial charge in [-0.25, -0.2) is 9.18 Å². The second-order valence-corrected chi connectivity index (χ2v) is 10.1. The van der Waals surface area contributed by atoms with Crippen LogP contribution in [0.1, 0.15) is 28.1 Å². The van der Waals surface area contributed by atoms with Crippen molar-refractivity contribution in [3.05, 3.63) is 76.9 Å². The number of carboxylic acid groups (broad SMARTS) is 1. The number of rotatable bonds is 6. The molecule has 204 valence electrons. The highest BCUT2D eigenvalue weighted by Crippen LogP contribution is 2.29. The average Bonchev–Trinajstić information content (AvgIpc) is 3.37. The van der Waals surface area contributed by atoms with Crippen LogP contribution in [-0.2, 0) is 11.3 Å². The number of hydrogen-bond donors (Lipinski definition) is 2. The van der Waals surface area contributed by atoms with Gasteiger partial charge in [0.1, 0.15) is 5.82 Å². The van der Waals surface area contributed by atoms with Gasteiger partial charge in [0.25, 0.3) is 5.91 Å². The number of nitrogens with zero attached hydrogens (tertiary/aromatic N) is 2. The van der Waals surface area contributed by atoms with Crippen LogP contribution in [-0.4, -0.2) is 61.3 Å². The number of thiophene rings is 1. The Bertz CT molecular complexity index is 1200. The maximum Gasteiger partial charge on any atom is 0.490 e. The molecule has 2 heterocycles. The predicted octanol–water partition coefficient (Wildman–Crippen LogP) is 5.65. The molecule has 11 heteroatoms. The zero-order valence-electron chi connectivity index (χ0n) is 21.0. The summed E-state index contributed by atoms with van der Waals surface area (Å²) in [7, 11) is 4.05. The van der Waals surface area contributed by atoms with E-state index in [0.29, 0.717) is 0 Å². The molecule has 1 fully saturated rings. The van der Waals surface area contributed by atoms with Crippen LogP contribution in [0.15, 0.2) is 60.7 Å².